The maximum atomic E-state index is 5.32. The van der Waals surface area contributed by atoms with Crippen molar-refractivity contribution in [2.24, 2.45) is 7.05 Å². The number of nitrogens with zero attached hydrogens (tertiary/aromatic N) is 2. The number of hydrogen-bond acceptors (Lipinski definition) is 3. The van der Waals surface area contributed by atoms with Gasteiger partial charge in [0.05, 0.1) is 18.0 Å². The van der Waals surface area contributed by atoms with Crippen LogP contribution >= 0.6 is 0 Å². The monoisotopic (exact) mass is 205 g/mol. The molecule has 0 saturated heterocycles. The summed E-state index contributed by atoms with van der Waals surface area (Å²) in [5.41, 5.74) is 1.04. The van der Waals surface area contributed by atoms with E-state index in [2.05, 4.69) is 10.4 Å². The van der Waals surface area contributed by atoms with Gasteiger partial charge in [0.1, 0.15) is 5.76 Å². The Morgan fingerprint density at radius 2 is 2.40 bits per heavy atom. The second-order valence-electron chi connectivity index (χ2n) is 3.54. The Bertz CT molecular complexity index is 405. The van der Waals surface area contributed by atoms with Crippen LogP contribution in [-0.2, 0) is 13.5 Å². The Labute approximate surface area is 88.9 Å². The van der Waals surface area contributed by atoms with Crippen LogP contribution in [0.1, 0.15) is 17.5 Å². The van der Waals surface area contributed by atoms with E-state index in [9.17, 15) is 0 Å². The number of likely N-dealkylation sites (N-methyl/N-ethyl adjacent to an activating group) is 1. The van der Waals surface area contributed by atoms with E-state index in [0.717, 1.165) is 17.9 Å². The third-order valence-corrected chi connectivity index (χ3v) is 2.43. The number of aromatic nitrogens is 2. The summed E-state index contributed by atoms with van der Waals surface area (Å²) in [5, 5.41) is 7.61. The molecule has 4 nitrogen and oxygen atoms in total. The first kappa shape index (κ1) is 9.98. The lowest BCUT2D eigenvalue weighted by Gasteiger charge is -2.11. The van der Waals surface area contributed by atoms with Gasteiger partial charge in [-0.3, -0.25) is 4.68 Å². The molecule has 2 aromatic heterocycles. The predicted molar refractivity (Wildman–Crippen MR) is 57.4 cm³/mol. The SMILES string of the molecule is CNC(Cc1ccco1)c1ccn(C)n1. The highest BCUT2D eigenvalue weighted by Crippen LogP contribution is 2.16. The van der Waals surface area contributed by atoms with Gasteiger partial charge in [-0.25, -0.2) is 0 Å². The standard InChI is InChI=1S/C11H15N3O/c1-12-11(8-9-4-3-7-15-9)10-5-6-14(2)13-10/h3-7,11-12H,8H2,1-2H3. The van der Waals surface area contributed by atoms with E-state index in [1.807, 2.05) is 43.2 Å². The predicted octanol–water partition coefficient (Wildman–Crippen LogP) is 1.52. The molecule has 1 N–H and O–H groups in total. The fourth-order valence-corrected chi connectivity index (χ4v) is 1.60. The minimum atomic E-state index is 0.206. The minimum absolute atomic E-state index is 0.206. The van der Waals surface area contributed by atoms with Crippen LogP contribution in [0.15, 0.2) is 35.1 Å². The normalized spacial score (nSPS) is 12.9. The largest absolute Gasteiger partial charge is 0.469 e. The van der Waals surface area contributed by atoms with Gasteiger partial charge in [0, 0.05) is 19.7 Å². The van der Waals surface area contributed by atoms with Crippen molar-refractivity contribution >= 4 is 0 Å². The summed E-state index contributed by atoms with van der Waals surface area (Å²) in [6, 6.07) is 6.11. The Balaban J connectivity index is 2.11. The molecule has 0 aliphatic rings. The zero-order valence-corrected chi connectivity index (χ0v) is 8.97. The Hall–Kier alpha value is -1.55. The summed E-state index contributed by atoms with van der Waals surface area (Å²) in [4.78, 5) is 0. The van der Waals surface area contributed by atoms with Gasteiger partial charge in [-0.2, -0.15) is 5.10 Å². The molecule has 1 atom stereocenters. The van der Waals surface area contributed by atoms with Gasteiger partial charge in [0.25, 0.3) is 0 Å². The van der Waals surface area contributed by atoms with Crippen LogP contribution in [0.5, 0.6) is 0 Å². The fraction of sp³-hybridized carbons (Fsp3) is 0.364. The lowest BCUT2D eigenvalue weighted by molar-refractivity contribution is 0.459. The van der Waals surface area contributed by atoms with Crippen LogP contribution in [0.4, 0.5) is 0 Å². The number of nitrogens with one attached hydrogen (secondary N) is 1. The van der Waals surface area contributed by atoms with Crippen LogP contribution in [0.25, 0.3) is 0 Å². The Morgan fingerprint density at radius 3 is 2.93 bits per heavy atom. The number of aryl methyl sites for hydroxylation is 1. The number of hydrogen-bond donors (Lipinski definition) is 1. The molecule has 1 unspecified atom stereocenters. The molecule has 80 valence electrons. The molecule has 2 heterocycles. The highest BCUT2D eigenvalue weighted by atomic mass is 16.3. The average molecular weight is 205 g/mol. The van der Waals surface area contributed by atoms with Gasteiger partial charge in [-0.15, -0.1) is 0 Å². The molecule has 2 rings (SSSR count). The Morgan fingerprint density at radius 1 is 1.53 bits per heavy atom. The highest BCUT2D eigenvalue weighted by molar-refractivity contribution is 5.10. The average Bonchev–Trinajstić information content (AvgIpc) is 2.85. The molecule has 0 aromatic carbocycles. The van der Waals surface area contributed by atoms with E-state index < -0.39 is 0 Å². The van der Waals surface area contributed by atoms with Gasteiger partial charge < -0.3 is 9.73 Å². The molecule has 4 heteroatoms. The van der Waals surface area contributed by atoms with E-state index >= 15 is 0 Å². The van der Waals surface area contributed by atoms with E-state index in [4.69, 9.17) is 4.42 Å². The summed E-state index contributed by atoms with van der Waals surface area (Å²) in [6.07, 6.45) is 4.46. The van der Waals surface area contributed by atoms with Gasteiger partial charge in [0.15, 0.2) is 0 Å². The summed E-state index contributed by atoms with van der Waals surface area (Å²) >= 11 is 0. The summed E-state index contributed by atoms with van der Waals surface area (Å²) in [6.45, 7) is 0. The maximum Gasteiger partial charge on any atom is 0.105 e. The van der Waals surface area contributed by atoms with Crippen LogP contribution in [0, 0.1) is 0 Å². The molecule has 0 amide bonds. The fourth-order valence-electron chi connectivity index (χ4n) is 1.60. The van der Waals surface area contributed by atoms with Crippen LogP contribution < -0.4 is 5.32 Å². The first-order valence-electron chi connectivity index (χ1n) is 4.99. The lowest BCUT2D eigenvalue weighted by Crippen LogP contribution is -2.19. The third-order valence-electron chi connectivity index (χ3n) is 2.43. The topological polar surface area (TPSA) is 43.0 Å². The summed E-state index contributed by atoms with van der Waals surface area (Å²) in [7, 11) is 3.85. The molecular formula is C11H15N3O. The van der Waals surface area contributed by atoms with Gasteiger partial charge in [0.2, 0.25) is 0 Å². The quantitative estimate of drug-likeness (QED) is 0.822. The first-order valence-corrected chi connectivity index (χ1v) is 4.99. The zero-order valence-electron chi connectivity index (χ0n) is 8.97. The van der Waals surface area contributed by atoms with Crippen LogP contribution in [0.2, 0.25) is 0 Å². The van der Waals surface area contributed by atoms with Crippen molar-refractivity contribution in [2.75, 3.05) is 7.05 Å². The third kappa shape index (κ3) is 2.27. The minimum Gasteiger partial charge on any atom is -0.469 e. The van der Waals surface area contributed by atoms with E-state index in [0.29, 0.717) is 0 Å². The molecule has 0 bridgehead atoms. The molecule has 0 radical (unpaired) electrons. The van der Waals surface area contributed by atoms with Gasteiger partial charge in [-0.05, 0) is 25.2 Å². The smallest absolute Gasteiger partial charge is 0.105 e. The lowest BCUT2D eigenvalue weighted by atomic mass is 10.1. The van der Waals surface area contributed by atoms with Crippen molar-refractivity contribution in [3.05, 3.63) is 42.1 Å². The maximum absolute atomic E-state index is 5.32. The second kappa shape index (κ2) is 4.31. The van der Waals surface area contributed by atoms with Crippen molar-refractivity contribution < 1.29 is 4.42 Å². The molecule has 0 spiro atoms. The molecule has 0 aliphatic carbocycles. The highest BCUT2D eigenvalue weighted by Gasteiger charge is 2.13. The molecule has 0 fully saturated rings. The van der Waals surface area contributed by atoms with Gasteiger partial charge >= 0.3 is 0 Å². The molecule has 2 aromatic rings. The van der Waals surface area contributed by atoms with Crippen molar-refractivity contribution in [1.29, 1.82) is 0 Å². The molecule has 0 aliphatic heterocycles. The Kier molecular flexibility index (Phi) is 2.87. The zero-order chi connectivity index (χ0) is 10.7. The summed E-state index contributed by atoms with van der Waals surface area (Å²) < 4.78 is 7.13. The van der Waals surface area contributed by atoms with Crippen molar-refractivity contribution in [1.82, 2.24) is 15.1 Å². The second-order valence-corrected chi connectivity index (χ2v) is 3.54. The van der Waals surface area contributed by atoms with E-state index in [-0.39, 0.29) is 6.04 Å². The van der Waals surface area contributed by atoms with Crippen molar-refractivity contribution in [2.45, 2.75) is 12.5 Å². The van der Waals surface area contributed by atoms with E-state index in [1.54, 1.807) is 6.26 Å². The first-order chi connectivity index (χ1) is 7.29. The van der Waals surface area contributed by atoms with E-state index in [1.165, 1.54) is 0 Å². The number of rotatable bonds is 4. The van der Waals surface area contributed by atoms with Gasteiger partial charge in [-0.1, -0.05) is 0 Å². The molecule has 0 saturated carbocycles. The summed E-state index contributed by atoms with van der Waals surface area (Å²) in [5.74, 6) is 0.972. The molecule has 15 heavy (non-hydrogen) atoms. The van der Waals surface area contributed by atoms with Crippen molar-refractivity contribution in [3.63, 3.8) is 0 Å². The van der Waals surface area contributed by atoms with Crippen LogP contribution in [0.3, 0.4) is 0 Å². The van der Waals surface area contributed by atoms with Crippen molar-refractivity contribution in [3.8, 4) is 0 Å². The van der Waals surface area contributed by atoms with Crippen LogP contribution in [-0.4, -0.2) is 16.8 Å². The molecular weight excluding hydrogens is 190 g/mol. The number of furan rings is 1.